The Hall–Kier alpha value is -0.190. The highest BCUT2D eigenvalue weighted by atomic mass is 19.1. The summed E-state index contributed by atoms with van der Waals surface area (Å²) < 4.78 is 20.0. The third kappa shape index (κ3) is 4.12. The number of rotatable bonds is 5. The van der Waals surface area contributed by atoms with Gasteiger partial charge in [-0.05, 0) is 74.0 Å². The summed E-state index contributed by atoms with van der Waals surface area (Å²) in [5, 5.41) is 14.0. The lowest BCUT2D eigenvalue weighted by molar-refractivity contribution is -0.0727. The van der Waals surface area contributed by atoms with Gasteiger partial charge < -0.3 is 9.84 Å². The summed E-state index contributed by atoms with van der Waals surface area (Å²) >= 11 is 0. The Morgan fingerprint density at radius 3 is 2.19 bits per heavy atom. The van der Waals surface area contributed by atoms with E-state index in [1.807, 2.05) is 7.11 Å². The number of halogens is 1. The maximum absolute atomic E-state index is 14.0. The normalized spacial score (nSPS) is 46.7. The number of ether oxygens (including phenoxy) is 1. The summed E-state index contributed by atoms with van der Waals surface area (Å²) in [6, 6.07) is 0.319. The Bertz CT molecular complexity index is 439. The van der Waals surface area contributed by atoms with Gasteiger partial charge in [0.2, 0.25) is 0 Å². The van der Waals surface area contributed by atoms with Gasteiger partial charge in [-0.2, -0.15) is 0 Å². The number of alkyl halides is 1. The van der Waals surface area contributed by atoms with E-state index in [0.717, 1.165) is 12.8 Å². The fraction of sp³-hybridized carbons (Fsp3) is 1.00. The number of methoxy groups -OCH3 is 1. The summed E-state index contributed by atoms with van der Waals surface area (Å²) in [6.45, 7) is 9.25. The first-order valence-corrected chi connectivity index (χ1v) is 10.9. The van der Waals surface area contributed by atoms with Crippen molar-refractivity contribution in [3.05, 3.63) is 0 Å². The third-order valence-corrected chi connectivity index (χ3v) is 7.82. The number of fused-ring (bicyclic) bond motifs is 1. The minimum Gasteiger partial charge on any atom is -0.381 e. The van der Waals surface area contributed by atoms with Gasteiger partial charge in [0.05, 0.1) is 6.10 Å². The Kier molecular flexibility index (Phi) is 6.67. The van der Waals surface area contributed by atoms with Crippen LogP contribution in [-0.2, 0) is 4.74 Å². The maximum atomic E-state index is 14.0. The fourth-order valence-electron chi connectivity index (χ4n) is 6.39. The second-order valence-electron chi connectivity index (χ2n) is 10.0. The van der Waals surface area contributed by atoms with Crippen LogP contribution in [0.25, 0.3) is 0 Å². The van der Waals surface area contributed by atoms with Crippen LogP contribution in [0.2, 0.25) is 0 Å². The highest BCUT2D eigenvalue weighted by molar-refractivity contribution is 4.99. The molecular weight excluding hydrogens is 329 g/mol. The van der Waals surface area contributed by atoms with Gasteiger partial charge in [0.1, 0.15) is 12.4 Å². The van der Waals surface area contributed by atoms with Gasteiger partial charge in [0.15, 0.2) is 0 Å². The van der Waals surface area contributed by atoms with Crippen molar-refractivity contribution < 1.29 is 14.2 Å². The minimum atomic E-state index is -0.679. The number of nitrogens with one attached hydrogen (secondary N) is 1. The Morgan fingerprint density at radius 1 is 1.04 bits per heavy atom. The molecule has 0 spiro atoms. The summed E-state index contributed by atoms with van der Waals surface area (Å²) in [5.41, 5.74) is 0. The zero-order valence-electron chi connectivity index (χ0n) is 17.3. The molecule has 7 atom stereocenters. The molecule has 2 saturated carbocycles. The zero-order valence-corrected chi connectivity index (χ0v) is 17.3. The molecular formula is C22H40FNO2. The zero-order chi connectivity index (χ0) is 19.0. The number of aliphatic hydroxyl groups is 1. The van der Waals surface area contributed by atoms with E-state index in [-0.39, 0.29) is 5.92 Å². The van der Waals surface area contributed by atoms with Crippen LogP contribution in [0.1, 0.15) is 66.2 Å². The lowest BCUT2D eigenvalue weighted by atomic mass is 9.63. The van der Waals surface area contributed by atoms with Gasteiger partial charge in [-0.3, -0.25) is 5.32 Å². The highest BCUT2D eigenvalue weighted by Crippen LogP contribution is 2.47. The molecule has 2 N–H and O–H groups in total. The minimum absolute atomic E-state index is 0.211. The second kappa shape index (κ2) is 8.45. The molecule has 0 aromatic heterocycles. The molecule has 3 rings (SSSR count). The third-order valence-electron chi connectivity index (χ3n) is 7.82. The van der Waals surface area contributed by atoms with Crippen LogP contribution in [0.3, 0.4) is 0 Å². The standard InChI is InChI=1S/C22H40FNO2/c1-12(2)16-8-14(9-17(13(3)4)21(16)26-5)10-19-18-11-15(23)6-7-20(18)24-22(19)25/h12-22,24-25H,6-11H2,1-5H3/t14?,15?,16?,17?,18?,19?,20-,21?,22?/m0/s1. The van der Waals surface area contributed by atoms with Gasteiger partial charge >= 0.3 is 0 Å². The largest absolute Gasteiger partial charge is 0.381 e. The van der Waals surface area contributed by atoms with E-state index >= 15 is 0 Å². The predicted octanol–water partition coefficient (Wildman–Crippen LogP) is 4.39. The van der Waals surface area contributed by atoms with Gasteiger partial charge in [-0.25, -0.2) is 4.39 Å². The van der Waals surface area contributed by atoms with E-state index in [1.54, 1.807) is 0 Å². The molecule has 1 heterocycles. The van der Waals surface area contributed by atoms with E-state index in [9.17, 15) is 9.50 Å². The highest BCUT2D eigenvalue weighted by Gasteiger charge is 2.48. The molecule has 0 aromatic rings. The number of aliphatic hydroxyl groups excluding tert-OH is 1. The molecule has 2 aliphatic carbocycles. The molecule has 0 bridgehead atoms. The van der Waals surface area contributed by atoms with E-state index in [2.05, 4.69) is 33.0 Å². The summed E-state index contributed by atoms with van der Waals surface area (Å²) in [5.74, 6) is 3.50. The molecule has 26 heavy (non-hydrogen) atoms. The first kappa shape index (κ1) is 20.5. The van der Waals surface area contributed by atoms with Crippen molar-refractivity contribution >= 4 is 0 Å². The Labute approximate surface area is 159 Å². The predicted molar refractivity (Wildman–Crippen MR) is 103 cm³/mol. The summed E-state index contributed by atoms with van der Waals surface area (Å²) in [4.78, 5) is 0. The quantitative estimate of drug-likeness (QED) is 0.755. The molecule has 4 heteroatoms. The van der Waals surface area contributed by atoms with Gasteiger partial charge in [-0.15, -0.1) is 0 Å². The van der Waals surface area contributed by atoms with Crippen LogP contribution in [0, 0.1) is 41.4 Å². The SMILES string of the molecule is COC1C(C(C)C)CC(CC2C(O)N[C@H]3CCC(F)CC23)CC1C(C)C. The average Bonchev–Trinajstić information content (AvgIpc) is 2.89. The van der Waals surface area contributed by atoms with E-state index in [0.29, 0.717) is 60.5 Å². The van der Waals surface area contributed by atoms with Crippen molar-refractivity contribution in [2.45, 2.75) is 90.8 Å². The smallest absolute Gasteiger partial charge is 0.108 e. The first-order chi connectivity index (χ1) is 12.3. The van der Waals surface area contributed by atoms with Crippen LogP contribution < -0.4 is 5.32 Å². The first-order valence-electron chi connectivity index (χ1n) is 10.9. The molecule has 3 nitrogen and oxygen atoms in total. The van der Waals surface area contributed by atoms with Crippen molar-refractivity contribution in [2.24, 2.45) is 41.4 Å². The lowest BCUT2D eigenvalue weighted by Gasteiger charge is -2.46. The van der Waals surface area contributed by atoms with Crippen molar-refractivity contribution in [3.8, 4) is 0 Å². The summed E-state index contributed by atoms with van der Waals surface area (Å²) in [7, 11) is 1.87. The molecule has 3 fully saturated rings. The van der Waals surface area contributed by atoms with Gasteiger partial charge in [0, 0.05) is 19.1 Å². The van der Waals surface area contributed by atoms with Crippen molar-refractivity contribution in [3.63, 3.8) is 0 Å². The Balaban J connectivity index is 1.72. The molecule has 1 saturated heterocycles. The van der Waals surface area contributed by atoms with Crippen LogP contribution in [0.5, 0.6) is 0 Å². The topological polar surface area (TPSA) is 41.5 Å². The number of hydrogen-bond donors (Lipinski definition) is 2. The van der Waals surface area contributed by atoms with Crippen molar-refractivity contribution in [1.82, 2.24) is 5.32 Å². The van der Waals surface area contributed by atoms with Gasteiger partial charge in [0.25, 0.3) is 0 Å². The molecule has 3 aliphatic rings. The lowest BCUT2D eigenvalue weighted by Crippen LogP contribution is -2.44. The average molecular weight is 370 g/mol. The second-order valence-corrected chi connectivity index (χ2v) is 10.0. The molecule has 6 unspecified atom stereocenters. The maximum Gasteiger partial charge on any atom is 0.108 e. The monoisotopic (exact) mass is 369 g/mol. The molecule has 0 radical (unpaired) electrons. The number of hydrogen-bond acceptors (Lipinski definition) is 3. The van der Waals surface area contributed by atoms with Crippen LogP contribution in [0.15, 0.2) is 0 Å². The molecule has 0 aromatic carbocycles. The summed E-state index contributed by atoms with van der Waals surface area (Å²) in [6.07, 6.45) is 4.76. The Morgan fingerprint density at radius 2 is 1.65 bits per heavy atom. The van der Waals surface area contributed by atoms with Crippen LogP contribution in [0.4, 0.5) is 4.39 Å². The van der Waals surface area contributed by atoms with E-state index in [4.69, 9.17) is 4.74 Å². The van der Waals surface area contributed by atoms with Gasteiger partial charge in [-0.1, -0.05) is 27.7 Å². The molecule has 0 amide bonds. The van der Waals surface area contributed by atoms with Crippen LogP contribution in [-0.4, -0.2) is 36.8 Å². The molecule has 1 aliphatic heterocycles. The van der Waals surface area contributed by atoms with Crippen LogP contribution >= 0.6 is 0 Å². The fourth-order valence-corrected chi connectivity index (χ4v) is 6.39. The van der Waals surface area contributed by atoms with Crippen molar-refractivity contribution in [2.75, 3.05) is 7.11 Å². The molecule has 152 valence electrons. The van der Waals surface area contributed by atoms with Crippen molar-refractivity contribution in [1.29, 1.82) is 0 Å². The van der Waals surface area contributed by atoms with E-state index in [1.165, 1.54) is 12.8 Å². The van der Waals surface area contributed by atoms with E-state index < -0.39 is 12.4 Å².